The molecule has 0 bridgehead atoms. The molecule has 6 nitrogen and oxygen atoms in total. The van der Waals surface area contributed by atoms with Gasteiger partial charge in [0.05, 0.1) is 12.1 Å². The fourth-order valence-electron chi connectivity index (χ4n) is 2.64. The predicted molar refractivity (Wildman–Crippen MR) is 118 cm³/mol. The maximum Gasteiger partial charge on any atom is 0.360 e. The molecule has 0 aliphatic carbocycles. The van der Waals surface area contributed by atoms with Gasteiger partial charge >= 0.3 is 5.97 Å². The van der Waals surface area contributed by atoms with E-state index in [0.29, 0.717) is 21.9 Å². The van der Waals surface area contributed by atoms with Crippen molar-refractivity contribution in [1.29, 1.82) is 0 Å². The molecule has 30 heavy (non-hydrogen) atoms. The Hall–Kier alpha value is -3.30. The average Bonchev–Trinajstić information content (AvgIpc) is 2.76. The van der Waals surface area contributed by atoms with Crippen LogP contribution in [0.3, 0.4) is 0 Å². The van der Waals surface area contributed by atoms with Gasteiger partial charge in [0, 0.05) is 16.7 Å². The van der Waals surface area contributed by atoms with Gasteiger partial charge in [-0.3, -0.25) is 0 Å². The van der Waals surface area contributed by atoms with Crippen molar-refractivity contribution in [2.75, 3.05) is 14.2 Å². The van der Waals surface area contributed by atoms with Crippen LogP contribution < -0.4 is 0 Å². The van der Waals surface area contributed by atoms with Crippen LogP contribution in [-0.2, 0) is 32.2 Å². The monoisotopic (exact) mass is 426 g/mol. The first-order valence-corrected chi connectivity index (χ1v) is 9.63. The molecular weight excluding hydrogens is 404 g/mol. The number of carbonyl (C=O) groups is 1. The molecule has 0 saturated carbocycles. The van der Waals surface area contributed by atoms with Crippen LogP contribution in [0.1, 0.15) is 36.1 Å². The zero-order valence-electron chi connectivity index (χ0n) is 17.4. The first-order valence-electron chi connectivity index (χ1n) is 9.25. The zero-order valence-corrected chi connectivity index (χ0v) is 18.1. The minimum atomic E-state index is -0.610. The summed E-state index contributed by atoms with van der Waals surface area (Å²) in [5.41, 5.74) is 3.64. The Morgan fingerprint density at radius 2 is 1.80 bits per heavy atom. The van der Waals surface area contributed by atoms with Crippen molar-refractivity contribution in [3.63, 3.8) is 0 Å². The number of aryl methyl sites for hydroxylation is 1. The summed E-state index contributed by atoms with van der Waals surface area (Å²) in [6.45, 7) is 3.91. The third-order valence-corrected chi connectivity index (χ3v) is 4.42. The fraction of sp³-hybridized carbons (Fsp3) is 0.261. The van der Waals surface area contributed by atoms with Crippen molar-refractivity contribution in [2.24, 2.45) is 10.3 Å². The molecule has 0 aromatic heterocycles. The lowest BCUT2D eigenvalue weighted by Crippen LogP contribution is -2.19. The normalized spacial score (nSPS) is 11.4. The minimum Gasteiger partial charge on any atom is -0.464 e. The molecule has 156 valence electrons. The molecule has 7 heteroatoms. The minimum absolute atomic E-state index is 0.0468. The van der Waals surface area contributed by atoms with E-state index < -0.39 is 5.97 Å². The summed E-state index contributed by atoms with van der Waals surface area (Å²) in [5, 5.41) is 8.42. The second kappa shape index (κ2) is 11.6. The molecule has 2 aromatic carbocycles. The largest absolute Gasteiger partial charge is 0.464 e. The smallest absolute Gasteiger partial charge is 0.360 e. The van der Waals surface area contributed by atoms with Gasteiger partial charge in [-0.25, -0.2) is 4.79 Å². The number of nitrogens with zero attached hydrogens (tertiary/aromatic N) is 2. The van der Waals surface area contributed by atoms with Crippen LogP contribution in [0.4, 0.5) is 0 Å². The van der Waals surface area contributed by atoms with Gasteiger partial charge < -0.3 is 14.4 Å². The van der Waals surface area contributed by atoms with Crippen molar-refractivity contribution in [2.45, 2.75) is 26.9 Å². The molecule has 0 spiro atoms. The van der Waals surface area contributed by atoms with Crippen molar-refractivity contribution < 1.29 is 19.2 Å². The maximum atomic E-state index is 12.0. The van der Waals surface area contributed by atoms with Crippen molar-refractivity contribution in [3.8, 4) is 11.8 Å². The van der Waals surface area contributed by atoms with Gasteiger partial charge in [-0.15, -0.1) is 0 Å². The number of rotatable bonds is 7. The van der Waals surface area contributed by atoms with Crippen molar-refractivity contribution in [3.05, 3.63) is 69.7 Å². The van der Waals surface area contributed by atoms with Gasteiger partial charge in [0.25, 0.3) is 0 Å². The Balaban J connectivity index is 2.17. The highest BCUT2D eigenvalue weighted by atomic mass is 35.5. The van der Waals surface area contributed by atoms with Crippen LogP contribution in [0.2, 0.25) is 5.02 Å². The van der Waals surface area contributed by atoms with E-state index in [2.05, 4.69) is 22.2 Å². The highest BCUT2D eigenvalue weighted by Gasteiger charge is 2.19. The number of esters is 1. The second-order valence-corrected chi connectivity index (χ2v) is 6.51. The number of benzene rings is 2. The van der Waals surface area contributed by atoms with Crippen molar-refractivity contribution in [1.82, 2.24) is 0 Å². The van der Waals surface area contributed by atoms with Crippen molar-refractivity contribution >= 4 is 29.0 Å². The highest BCUT2D eigenvalue weighted by Crippen LogP contribution is 2.19. The first-order chi connectivity index (χ1) is 14.5. The Morgan fingerprint density at radius 3 is 2.50 bits per heavy atom. The molecule has 0 saturated heterocycles. The van der Waals surface area contributed by atoms with Gasteiger partial charge in [-0.2, -0.15) is 0 Å². The number of hydrogen-bond donors (Lipinski definition) is 0. The SMILES string of the molecule is CCc1cccc(Cl)c1C#C/C(C)=N/OCc1ccccc1/C(=N\OC)C(=O)OC. The van der Waals surface area contributed by atoms with E-state index in [0.717, 1.165) is 17.5 Å². The molecule has 0 amide bonds. The Bertz CT molecular complexity index is 1020. The average molecular weight is 427 g/mol. The van der Waals surface area contributed by atoms with Gasteiger partial charge in [-0.05, 0) is 30.9 Å². The molecule has 0 aliphatic rings. The number of halogens is 1. The summed E-state index contributed by atoms with van der Waals surface area (Å²) < 4.78 is 4.77. The molecule has 0 N–H and O–H groups in total. The predicted octanol–water partition coefficient (Wildman–Crippen LogP) is 4.37. The topological polar surface area (TPSA) is 69.5 Å². The highest BCUT2D eigenvalue weighted by molar-refractivity contribution is 6.43. The van der Waals surface area contributed by atoms with E-state index in [-0.39, 0.29) is 12.3 Å². The molecule has 2 rings (SSSR count). The zero-order chi connectivity index (χ0) is 21.9. The number of hydrogen-bond acceptors (Lipinski definition) is 6. The van der Waals surface area contributed by atoms with E-state index in [1.54, 1.807) is 25.1 Å². The van der Waals surface area contributed by atoms with Crippen LogP contribution in [0, 0.1) is 11.8 Å². The Kier molecular flexibility index (Phi) is 8.92. The molecular formula is C23H23ClN2O4. The lowest BCUT2D eigenvalue weighted by atomic mass is 10.0. The first kappa shape index (κ1) is 23.0. The molecule has 0 aliphatic heterocycles. The van der Waals surface area contributed by atoms with E-state index in [4.69, 9.17) is 26.0 Å². The van der Waals surface area contributed by atoms with Gasteiger partial charge in [0.2, 0.25) is 0 Å². The van der Waals surface area contributed by atoms with Crippen LogP contribution in [0.5, 0.6) is 0 Å². The van der Waals surface area contributed by atoms with E-state index >= 15 is 0 Å². The third-order valence-electron chi connectivity index (χ3n) is 4.10. The number of ether oxygens (including phenoxy) is 1. The summed E-state index contributed by atoms with van der Waals surface area (Å²) in [6.07, 6.45) is 0.833. The van der Waals surface area contributed by atoms with Crippen LogP contribution in [0.15, 0.2) is 52.8 Å². The lowest BCUT2D eigenvalue weighted by molar-refractivity contribution is -0.132. The van der Waals surface area contributed by atoms with Crippen LogP contribution in [-0.4, -0.2) is 31.6 Å². The van der Waals surface area contributed by atoms with Crippen LogP contribution >= 0.6 is 11.6 Å². The summed E-state index contributed by atoms with van der Waals surface area (Å²) in [4.78, 5) is 22.2. The molecule has 0 heterocycles. The summed E-state index contributed by atoms with van der Waals surface area (Å²) in [7, 11) is 2.64. The quantitative estimate of drug-likeness (QED) is 0.285. The molecule has 0 unspecified atom stereocenters. The summed E-state index contributed by atoms with van der Waals surface area (Å²) in [5.74, 6) is 5.41. The van der Waals surface area contributed by atoms with Gasteiger partial charge in [0.15, 0.2) is 5.71 Å². The maximum absolute atomic E-state index is 12.0. The number of carbonyl (C=O) groups excluding carboxylic acids is 1. The number of oxime groups is 2. The molecule has 0 radical (unpaired) electrons. The van der Waals surface area contributed by atoms with Crippen LogP contribution in [0.25, 0.3) is 0 Å². The summed E-state index contributed by atoms with van der Waals surface area (Å²) in [6, 6.07) is 12.8. The Labute approximate surface area is 181 Å². The standard InChI is InChI=1S/C23H23ClN2O4/c1-5-17-10-8-12-21(24)19(17)14-13-16(2)25-30-15-18-9-6-7-11-20(18)22(26-29-4)23(27)28-3/h6-12H,5,15H2,1-4H3/b25-16+,26-22+. The molecule has 2 aromatic rings. The van der Waals surface area contributed by atoms with E-state index in [1.165, 1.54) is 14.2 Å². The third kappa shape index (κ3) is 6.10. The van der Waals surface area contributed by atoms with E-state index in [9.17, 15) is 4.79 Å². The van der Waals surface area contributed by atoms with Gasteiger partial charge in [-0.1, -0.05) is 71.2 Å². The second-order valence-electron chi connectivity index (χ2n) is 6.10. The molecule has 0 fully saturated rings. The molecule has 0 atom stereocenters. The fourth-order valence-corrected chi connectivity index (χ4v) is 2.88. The summed E-state index contributed by atoms with van der Waals surface area (Å²) >= 11 is 6.25. The van der Waals surface area contributed by atoms with Gasteiger partial charge in [0.1, 0.15) is 19.4 Å². The number of methoxy groups -OCH3 is 1. The van der Waals surface area contributed by atoms with E-state index in [1.807, 2.05) is 31.2 Å². The Morgan fingerprint density at radius 1 is 1.07 bits per heavy atom. The lowest BCUT2D eigenvalue weighted by Gasteiger charge is -2.09.